The molecule has 0 saturated heterocycles. The Morgan fingerprint density at radius 3 is 2.82 bits per heavy atom. The van der Waals surface area contributed by atoms with Crippen LogP contribution in [0.2, 0.25) is 0 Å². The van der Waals surface area contributed by atoms with E-state index in [9.17, 15) is 9.59 Å². The van der Waals surface area contributed by atoms with Crippen LogP contribution in [-0.2, 0) is 4.79 Å². The molecule has 1 aliphatic rings. The summed E-state index contributed by atoms with van der Waals surface area (Å²) in [4.78, 5) is 23.6. The van der Waals surface area contributed by atoms with Crippen LogP contribution < -0.4 is 15.4 Å². The molecule has 0 aliphatic heterocycles. The van der Waals surface area contributed by atoms with Crippen LogP contribution in [0.5, 0.6) is 5.75 Å². The summed E-state index contributed by atoms with van der Waals surface area (Å²) in [5, 5.41) is 5.20. The van der Waals surface area contributed by atoms with Gasteiger partial charge in [-0.05, 0) is 59.5 Å². The van der Waals surface area contributed by atoms with Crippen LogP contribution in [0.3, 0.4) is 0 Å². The number of ether oxygens (including phenoxy) is 1. The Kier molecular flexibility index (Phi) is 6.48. The smallest absolute Gasteiger partial charge is 0.321 e. The first-order valence-electron chi connectivity index (χ1n) is 7.53. The lowest BCUT2D eigenvalue weighted by atomic mass is 9.86. The van der Waals surface area contributed by atoms with E-state index in [0.717, 1.165) is 22.8 Å². The summed E-state index contributed by atoms with van der Waals surface area (Å²) in [6, 6.07) is 7.11. The summed E-state index contributed by atoms with van der Waals surface area (Å²) >= 11 is 2.17. The van der Waals surface area contributed by atoms with E-state index in [2.05, 4.69) is 40.1 Å². The van der Waals surface area contributed by atoms with Crippen LogP contribution in [0.25, 0.3) is 0 Å². The lowest BCUT2D eigenvalue weighted by Crippen LogP contribution is -2.48. The molecule has 0 heterocycles. The van der Waals surface area contributed by atoms with Crippen molar-refractivity contribution in [1.82, 2.24) is 10.6 Å². The highest BCUT2D eigenvalue weighted by molar-refractivity contribution is 14.1. The standard InChI is InChI=1S/C16H21IN2O3/c1-11-5-2-3-8-14(11)18-16(21)19-15(20)10-22-13-7-4-6-12(17)9-13/h4,6-7,9,11,14H,2-3,5,8,10H2,1H3,(H2,18,19,20,21). The summed E-state index contributed by atoms with van der Waals surface area (Å²) in [5.41, 5.74) is 0. The molecule has 2 rings (SSSR count). The molecular formula is C16H21IN2O3. The molecule has 1 fully saturated rings. The van der Waals surface area contributed by atoms with Crippen molar-refractivity contribution in [2.24, 2.45) is 5.92 Å². The fraction of sp³-hybridized carbons (Fsp3) is 0.500. The minimum absolute atomic E-state index is 0.151. The molecule has 1 aromatic rings. The van der Waals surface area contributed by atoms with E-state index in [-0.39, 0.29) is 12.6 Å². The van der Waals surface area contributed by atoms with Gasteiger partial charge in [0.1, 0.15) is 5.75 Å². The summed E-state index contributed by atoms with van der Waals surface area (Å²) in [5.74, 6) is 0.625. The second-order valence-electron chi connectivity index (χ2n) is 5.64. The molecule has 0 radical (unpaired) electrons. The number of carbonyl (C=O) groups is 2. The molecule has 2 N–H and O–H groups in total. The average molecular weight is 416 g/mol. The minimum atomic E-state index is -0.445. The van der Waals surface area contributed by atoms with Gasteiger partial charge in [-0.25, -0.2) is 4.79 Å². The summed E-state index contributed by atoms with van der Waals surface area (Å²) < 4.78 is 6.39. The van der Waals surface area contributed by atoms with Crippen molar-refractivity contribution in [2.75, 3.05) is 6.61 Å². The van der Waals surface area contributed by atoms with E-state index in [0.29, 0.717) is 11.7 Å². The second-order valence-corrected chi connectivity index (χ2v) is 6.88. The highest BCUT2D eigenvalue weighted by Crippen LogP contribution is 2.23. The molecule has 0 bridgehead atoms. The topological polar surface area (TPSA) is 67.4 Å². The predicted octanol–water partition coefficient (Wildman–Crippen LogP) is 3.07. The van der Waals surface area contributed by atoms with Crippen LogP contribution in [0.1, 0.15) is 32.6 Å². The van der Waals surface area contributed by atoms with E-state index in [1.165, 1.54) is 6.42 Å². The van der Waals surface area contributed by atoms with Gasteiger partial charge in [0.25, 0.3) is 5.91 Å². The Morgan fingerprint density at radius 1 is 1.32 bits per heavy atom. The molecule has 2 atom stereocenters. The normalized spacial score (nSPS) is 21.0. The van der Waals surface area contributed by atoms with Crippen molar-refractivity contribution < 1.29 is 14.3 Å². The molecule has 1 aromatic carbocycles. The quantitative estimate of drug-likeness (QED) is 0.742. The largest absolute Gasteiger partial charge is 0.484 e. The van der Waals surface area contributed by atoms with Gasteiger partial charge in [0.05, 0.1) is 0 Å². The first-order chi connectivity index (χ1) is 10.5. The van der Waals surface area contributed by atoms with Crippen LogP contribution >= 0.6 is 22.6 Å². The number of rotatable bonds is 4. The maximum atomic E-state index is 11.8. The van der Waals surface area contributed by atoms with Gasteiger partial charge in [0.2, 0.25) is 0 Å². The van der Waals surface area contributed by atoms with Gasteiger partial charge in [-0.3, -0.25) is 10.1 Å². The summed E-state index contributed by atoms with van der Waals surface area (Å²) in [6.07, 6.45) is 4.43. The Hall–Kier alpha value is -1.31. The Morgan fingerprint density at radius 2 is 2.09 bits per heavy atom. The number of nitrogens with one attached hydrogen (secondary N) is 2. The minimum Gasteiger partial charge on any atom is -0.484 e. The number of hydrogen-bond donors (Lipinski definition) is 2. The van der Waals surface area contributed by atoms with Gasteiger partial charge in [-0.15, -0.1) is 0 Å². The van der Waals surface area contributed by atoms with Crippen molar-refractivity contribution in [3.63, 3.8) is 0 Å². The average Bonchev–Trinajstić information content (AvgIpc) is 2.47. The Bertz CT molecular complexity index is 536. The summed E-state index contributed by atoms with van der Waals surface area (Å²) in [7, 11) is 0. The number of imide groups is 1. The van der Waals surface area contributed by atoms with Gasteiger partial charge in [0, 0.05) is 9.61 Å². The third kappa shape index (κ3) is 5.47. The fourth-order valence-electron chi connectivity index (χ4n) is 2.60. The van der Waals surface area contributed by atoms with Crippen LogP contribution in [0.15, 0.2) is 24.3 Å². The van der Waals surface area contributed by atoms with Crippen molar-refractivity contribution in [3.8, 4) is 5.75 Å². The number of benzene rings is 1. The highest BCUT2D eigenvalue weighted by Gasteiger charge is 2.23. The predicted molar refractivity (Wildman–Crippen MR) is 92.7 cm³/mol. The van der Waals surface area contributed by atoms with E-state index in [1.807, 2.05) is 18.2 Å². The maximum Gasteiger partial charge on any atom is 0.321 e. The van der Waals surface area contributed by atoms with E-state index < -0.39 is 11.9 Å². The Balaban J connectivity index is 1.73. The van der Waals surface area contributed by atoms with E-state index in [4.69, 9.17) is 4.74 Å². The number of amides is 3. The third-order valence-electron chi connectivity index (χ3n) is 3.85. The second kappa shape index (κ2) is 8.36. The van der Waals surface area contributed by atoms with Crippen LogP contribution in [0, 0.1) is 9.49 Å². The van der Waals surface area contributed by atoms with Gasteiger partial charge in [-0.2, -0.15) is 0 Å². The lowest BCUT2D eigenvalue weighted by Gasteiger charge is -2.29. The van der Waals surface area contributed by atoms with Gasteiger partial charge >= 0.3 is 6.03 Å². The zero-order valence-corrected chi connectivity index (χ0v) is 14.8. The molecule has 6 heteroatoms. The van der Waals surface area contributed by atoms with Gasteiger partial charge in [-0.1, -0.05) is 25.8 Å². The Labute approximate surface area is 144 Å². The highest BCUT2D eigenvalue weighted by atomic mass is 127. The monoisotopic (exact) mass is 416 g/mol. The molecule has 0 spiro atoms. The summed E-state index contributed by atoms with van der Waals surface area (Å²) in [6.45, 7) is 1.96. The number of urea groups is 1. The first-order valence-corrected chi connectivity index (χ1v) is 8.61. The molecule has 1 saturated carbocycles. The molecule has 120 valence electrons. The van der Waals surface area contributed by atoms with Crippen molar-refractivity contribution in [3.05, 3.63) is 27.8 Å². The zero-order valence-electron chi connectivity index (χ0n) is 12.6. The number of carbonyl (C=O) groups excluding carboxylic acids is 2. The molecule has 22 heavy (non-hydrogen) atoms. The molecule has 3 amide bonds. The fourth-order valence-corrected chi connectivity index (χ4v) is 3.12. The maximum absolute atomic E-state index is 11.8. The number of hydrogen-bond acceptors (Lipinski definition) is 3. The van der Waals surface area contributed by atoms with E-state index >= 15 is 0 Å². The van der Waals surface area contributed by atoms with Crippen molar-refractivity contribution in [1.29, 1.82) is 0 Å². The third-order valence-corrected chi connectivity index (χ3v) is 4.52. The van der Waals surface area contributed by atoms with Crippen molar-refractivity contribution >= 4 is 34.5 Å². The van der Waals surface area contributed by atoms with Gasteiger partial charge in [0.15, 0.2) is 6.61 Å². The molecule has 1 aliphatic carbocycles. The van der Waals surface area contributed by atoms with Crippen LogP contribution in [-0.4, -0.2) is 24.6 Å². The number of halogens is 1. The molecule has 5 nitrogen and oxygen atoms in total. The van der Waals surface area contributed by atoms with Gasteiger partial charge < -0.3 is 10.1 Å². The SMILES string of the molecule is CC1CCCCC1NC(=O)NC(=O)COc1cccc(I)c1. The van der Waals surface area contributed by atoms with E-state index in [1.54, 1.807) is 6.07 Å². The lowest BCUT2D eigenvalue weighted by molar-refractivity contribution is -0.122. The molecule has 0 aromatic heterocycles. The molecule has 2 unspecified atom stereocenters. The van der Waals surface area contributed by atoms with Crippen LogP contribution in [0.4, 0.5) is 4.79 Å². The molecular weight excluding hydrogens is 395 g/mol. The van der Waals surface area contributed by atoms with Crippen molar-refractivity contribution in [2.45, 2.75) is 38.6 Å². The zero-order chi connectivity index (χ0) is 15.9. The first kappa shape index (κ1) is 17.1.